The largest absolute Gasteiger partial charge is 0.480 e. The van der Waals surface area contributed by atoms with Crippen molar-refractivity contribution >= 4 is 47.3 Å². The molecular weight excluding hydrogens is 506 g/mol. The molecule has 0 aromatic carbocycles. The van der Waals surface area contributed by atoms with E-state index in [1.54, 1.807) is 6.26 Å². The summed E-state index contributed by atoms with van der Waals surface area (Å²) in [7, 11) is 0. The third-order valence-corrected chi connectivity index (χ3v) is 5.79. The second kappa shape index (κ2) is 19.1. The molecule has 16 heteroatoms. The Balaban J connectivity index is 5.54. The Kier molecular flexibility index (Phi) is 17.5. The van der Waals surface area contributed by atoms with Crippen molar-refractivity contribution in [3.63, 3.8) is 0 Å². The lowest BCUT2D eigenvalue weighted by Gasteiger charge is -2.25. The fourth-order valence-electron chi connectivity index (χ4n) is 3.14. The summed E-state index contributed by atoms with van der Waals surface area (Å²) in [5.41, 5.74) is 27.1. The van der Waals surface area contributed by atoms with Gasteiger partial charge < -0.3 is 49.7 Å². The number of nitrogens with zero attached hydrogens (tertiary/aromatic N) is 1. The lowest BCUT2D eigenvalue weighted by atomic mass is 10.1. The van der Waals surface area contributed by atoms with E-state index in [0.29, 0.717) is 38.0 Å². The van der Waals surface area contributed by atoms with E-state index in [2.05, 4.69) is 20.9 Å². The van der Waals surface area contributed by atoms with Crippen molar-refractivity contribution in [1.29, 1.82) is 0 Å². The van der Waals surface area contributed by atoms with Gasteiger partial charge in [0.2, 0.25) is 23.6 Å². The maximum atomic E-state index is 13.1. The van der Waals surface area contributed by atoms with Crippen LogP contribution in [0.3, 0.4) is 0 Å². The SMILES string of the molecule is CSCCC(NC(=O)C(CCCN=C(N)N)NC(=O)C(N)CCCCN)C(=O)NC(CC(N)=O)C(=O)O. The summed E-state index contributed by atoms with van der Waals surface area (Å²) in [5.74, 6) is -4.05. The Morgan fingerprint density at radius 2 is 1.41 bits per heavy atom. The minimum atomic E-state index is -1.56. The van der Waals surface area contributed by atoms with Gasteiger partial charge in [-0.2, -0.15) is 11.8 Å². The molecule has 0 aromatic rings. The van der Waals surface area contributed by atoms with Gasteiger partial charge in [-0.25, -0.2) is 4.79 Å². The van der Waals surface area contributed by atoms with E-state index in [9.17, 15) is 29.1 Å². The van der Waals surface area contributed by atoms with Crippen molar-refractivity contribution in [2.24, 2.45) is 33.7 Å². The number of guanidine groups is 1. The summed E-state index contributed by atoms with van der Waals surface area (Å²) in [6.07, 6.45) is 3.52. The Bertz CT molecular complexity index is 794. The first-order valence-electron chi connectivity index (χ1n) is 11.8. The van der Waals surface area contributed by atoms with Gasteiger partial charge in [0, 0.05) is 6.54 Å². The van der Waals surface area contributed by atoms with Crippen LogP contribution in [-0.4, -0.2) is 89.9 Å². The second-order valence-electron chi connectivity index (χ2n) is 8.31. The van der Waals surface area contributed by atoms with E-state index >= 15 is 0 Å². The smallest absolute Gasteiger partial charge is 0.326 e. The maximum Gasteiger partial charge on any atom is 0.326 e. The summed E-state index contributed by atoms with van der Waals surface area (Å²) >= 11 is 1.41. The number of aliphatic imine (C=N–C) groups is 1. The molecule has 0 saturated carbocycles. The molecule has 0 fully saturated rings. The van der Waals surface area contributed by atoms with Gasteiger partial charge in [-0.05, 0) is 50.7 Å². The maximum absolute atomic E-state index is 13.1. The molecule has 4 unspecified atom stereocenters. The quantitative estimate of drug-likeness (QED) is 0.0412. The van der Waals surface area contributed by atoms with Crippen molar-refractivity contribution in [3.8, 4) is 0 Å². The van der Waals surface area contributed by atoms with Gasteiger partial charge in [-0.1, -0.05) is 6.42 Å². The van der Waals surface area contributed by atoms with Crippen molar-refractivity contribution in [3.05, 3.63) is 0 Å². The molecule has 0 heterocycles. The molecule has 0 aliphatic carbocycles. The van der Waals surface area contributed by atoms with Crippen LogP contribution in [-0.2, 0) is 24.0 Å². The van der Waals surface area contributed by atoms with Crippen LogP contribution in [0.5, 0.6) is 0 Å². The third-order valence-electron chi connectivity index (χ3n) is 5.15. The highest BCUT2D eigenvalue weighted by atomic mass is 32.2. The molecule has 0 saturated heterocycles. The van der Waals surface area contributed by atoms with Crippen LogP contribution in [0.1, 0.15) is 44.9 Å². The zero-order valence-corrected chi connectivity index (χ0v) is 21.9. The van der Waals surface area contributed by atoms with Gasteiger partial charge in [-0.15, -0.1) is 0 Å². The van der Waals surface area contributed by atoms with E-state index in [0.717, 1.165) is 0 Å². The van der Waals surface area contributed by atoms with Crippen LogP contribution in [0.4, 0.5) is 0 Å². The number of primary amides is 1. The van der Waals surface area contributed by atoms with Crippen LogP contribution in [0.2, 0.25) is 0 Å². The van der Waals surface area contributed by atoms with Crippen LogP contribution < -0.4 is 44.6 Å². The minimum absolute atomic E-state index is 0.121. The standard InChI is InChI=1S/C21H41N9O6S/c1-37-10-7-14(19(34)30-15(20(35)36)11-16(24)31)29-18(33)13(6-4-9-27-21(25)26)28-17(32)12(23)5-2-3-8-22/h12-15H,2-11,22-23H2,1H3,(H2,24,31)(H,28,32)(H,29,33)(H,30,34)(H,35,36)(H4,25,26,27). The number of unbranched alkanes of at least 4 members (excludes halogenated alkanes) is 1. The van der Waals surface area contributed by atoms with E-state index in [4.69, 9.17) is 28.7 Å². The second-order valence-corrected chi connectivity index (χ2v) is 9.30. The minimum Gasteiger partial charge on any atom is -0.480 e. The Morgan fingerprint density at radius 1 is 0.838 bits per heavy atom. The van der Waals surface area contributed by atoms with Crippen LogP contribution in [0, 0.1) is 0 Å². The lowest BCUT2D eigenvalue weighted by molar-refractivity contribution is -0.143. The number of nitrogens with two attached hydrogens (primary N) is 5. The third kappa shape index (κ3) is 15.6. The molecule has 0 spiro atoms. The summed E-state index contributed by atoms with van der Waals surface area (Å²) in [4.78, 5) is 64.9. The molecule has 0 aromatic heterocycles. The molecule has 0 aliphatic heterocycles. The number of hydrogen-bond donors (Lipinski definition) is 9. The topological polar surface area (TPSA) is 284 Å². The number of hydrogen-bond acceptors (Lipinski definition) is 9. The highest BCUT2D eigenvalue weighted by molar-refractivity contribution is 7.98. The number of carbonyl (C=O) groups excluding carboxylic acids is 4. The van der Waals surface area contributed by atoms with E-state index in [-0.39, 0.29) is 25.3 Å². The normalized spacial score (nSPS) is 13.9. The van der Waals surface area contributed by atoms with Crippen LogP contribution in [0.15, 0.2) is 4.99 Å². The first kappa shape index (κ1) is 33.9. The molecular formula is C21H41N9O6S. The molecule has 4 atom stereocenters. The van der Waals surface area contributed by atoms with Gasteiger partial charge in [0.15, 0.2) is 5.96 Å². The number of carboxylic acid groups (broad SMARTS) is 1. The molecule has 0 rings (SSSR count). The average Bonchev–Trinajstić information content (AvgIpc) is 2.82. The van der Waals surface area contributed by atoms with E-state index < -0.39 is 60.2 Å². The van der Waals surface area contributed by atoms with Gasteiger partial charge in [-0.3, -0.25) is 24.2 Å². The Labute approximate surface area is 220 Å². The lowest BCUT2D eigenvalue weighted by Crippen LogP contribution is -2.57. The average molecular weight is 548 g/mol. The number of rotatable bonds is 20. The van der Waals surface area contributed by atoms with Crippen molar-refractivity contribution < 1.29 is 29.1 Å². The monoisotopic (exact) mass is 547 g/mol. The van der Waals surface area contributed by atoms with E-state index in [1.165, 1.54) is 11.8 Å². The van der Waals surface area contributed by atoms with Gasteiger partial charge >= 0.3 is 5.97 Å². The summed E-state index contributed by atoms with van der Waals surface area (Å²) < 4.78 is 0. The Hall–Kier alpha value is -3.11. The Morgan fingerprint density at radius 3 is 1.92 bits per heavy atom. The number of thioether (sulfide) groups is 1. The van der Waals surface area contributed by atoms with Gasteiger partial charge in [0.1, 0.15) is 18.1 Å². The highest BCUT2D eigenvalue weighted by Gasteiger charge is 2.30. The predicted molar refractivity (Wildman–Crippen MR) is 141 cm³/mol. The number of carboxylic acids is 1. The van der Waals surface area contributed by atoms with E-state index in [1.807, 2.05) is 0 Å². The summed E-state index contributed by atoms with van der Waals surface area (Å²) in [5, 5.41) is 16.7. The molecule has 0 bridgehead atoms. The summed E-state index contributed by atoms with van der Waals surface area (Å²) in [6.45, 7) is 0.667. The number of carbonyl (C=O) groups is 5. The van der Waals surface area contributed by atoms with Crippen molar-refractivity contribution in [2.75, 3.05) is 25.1 Å². The molecule has 4 amide bonds. The van der Waals surface area contributed by atoms with Crippen LogP contribution >= 0.6 is 11.8 Å². The first-order chi connectivity index (χ1) is 17.4. The fraction of sp³-hybridized carbons (Fsp3) is 0.714. The highest BCUT2D eigenvalue weighted by Crippen LogP contribution is 2.07. The molecule has 0 radical (unpaired) electrons. The molecule has 14 N–H and O–H groups in total. The van der Waals surface area contributed by atoms with Crippen molar-refractivity contribution in [2.45, 2.75) is 69.1 Å². The summed E-state index contributed by atoms with van der Waals surface area (Å²) in [6, 6.07) is -4.61. The predicted octanol–water partition coefficient (Wildman–Crippen LogP) is -3.34. The molecule has 0 aliphatic rings. The number of amides is 4. The molecule has 15 nitrogen and oxygen atoms in total. The zero-order chi connectivity index (χ0) is 28.4. The van der Waals surface area contributed by atoms with Crippen LogP contribution in [0.25, 0.3) is 0 Å². The molecule has 37 heavy (non-hydrogen) atoms. The first-order valence-corrected chi connectivity index (χ1v) is 13.2. The fourth-order valence-corrected chi connectivity index (χ4v) is 3.61. The van der Waals surface area contributed by atoms with Crippen molar-refractivity contribution in [1.82, 2.24) is 16.0 Å². The van der Waals surface area contributed by atoms with Gasteiger partial charge in [0.25, 0.3) is 0 Å². The zero-order valence-electron chi connectivity index (χ0n) is 21.1. The number of nitrogens with one attached hydrogen (secondary N) is 3. The molecule has 212 valence electrons. The van der Waals surface area contributed by atoms with Gasteiger partial charge in [0.05, 0.1) is 12.5 Å². The number of aliphatic carboxylic acids is 1.